The average Bonchev–Trinajstić information content (AvgIpc) is 3.79. The second-order valence-corrected chi connectivity index (χ2v) is 16.4. The summed E-state index contributed by atoms with van der Waals surface area (Å²) in [6, 6.07) is 71.3. The Hall–Kier alpha value is -6.90. The summed E-state index contributed by atoms with van der Waals surface area (Å²) in [6.07, 6.45) is 0. The lowest BCUT2D eigenvalue weighted by Crippen LogP contribution is -2.28. The zero-order chi connectivity index (χ0) is 38.3. The predicted molar refractivity (Wildman–Crippen MR) is 239 cm³/mol. The fourth-order valence-corrected chi connectivity index (χ4v) is 9.83. The van der Waals surface area contributed by atoms with E-state index in [-0.39, 0.29) is 5.41 Å². The van der Waals surface area contributed by atoms with Gasteiger partial charge in [-0.25, -0.2) is 0 Å². The van der Waals surface area contributed by atoms with E-state index in [4.69, 9.17) is 4.42 Å². The summed E-state index contributed by atoms with van der Waals surface area (Å²) in [5.41, 5.74) is 13.2. The molecule has 1 aliphatic carbocycles. The molecule has 9 aromatic carbocycles. The fraction of sp³-hybridized carbons (Fsp3) is 0.0909. The smallest absolute Gasteiger partial charge is 0.159 e. The standard InChI is InChI=1S/C55H41NO/c1-54(2,3)46-31-17-29-43-44-30-18-32-48(53(44)57-52(43)46)56(39-24-11-6-12-25-39)49-35-47-51(42-28-16-15-27-41(42)49)50-40-26-14-13-19-36(40)33-34-45(50)55(47,37-20-7-4-8-21-37)38-22-9-5-10-23-38/h4-35H,1-3H3. The number of benzene rings is 9. The van der Waals surface area contributed by atoms with E-state index in [0.29, 0.717) is 0 Å². The summed E-state index contributed by atoms with van der Waals surface area (Å²) >= 11 is 0. The molecular formula is C55H41NO. The van der Waals surface area contributed by atoms with Crippen LogP contribution in [0.2, 0.25) is 0 Å². The Morgan fingerprint density at radius 2 is 0.965 bits per heavy atom. The molecule has 0 spiro atoms. The Bertz CT molecular complexity index is 3110. The number of hydrogen-bond donors (Lipinski definition) is 0. The first-order valence-corrected chi connectivity index (χ1v) is 19.9. The van der Waals surface area contributed by atoms with E-state index < -0.39 is 5.41 Å². The molecule has 11 rings (SSSR count). The van der Waals surface area contributed by atoms with Crippen LogP contribution in [0.5, 0.6) is 0 Å². The lowest BCUT2D eigenvalue weighted by Gasteiger charge is -2.35. The minimum absolute atomic E-state index is 0.0831. The van der Waals surface area contributed by atoms with Crippen molar-refractivity contribution >= 4 is 60.5 Å². The second kappa shape index (κ2) is 12.6. The number of fused-ring (bicyclic) bond motifs is 10. The van der Waals surface area contributed by atoms with Crippen LogP contribution < -0.4 is 4.90 Å². The van der Waals surface area contributed by atoms with E-state index in [0.717, 1.165) is 39.0 Å². The molecule has 1 aromatic heterocycles. The molecule has 57 heavy (non-hydrogen) atoms. The van der Waals surface area contributed by atoms with Gasteiger partial charge in [0.2, 0.25) is 0 Å². The number of rotatable bonds is 5. The summed E-state index contributed by atoms with van der Waals surface area (Å²) in [5.74, 6) is 0. The molecule has 2 nitrogen and oxygen atoms in total. The molecule has 1 heterocycles. The van der Waals surface area contributed by atoms with Gasteiger partial charge in [-0.2, -0.15) is 0 Å². The summed E-state index contributed by atoms with van der Waals surface area (Å²) in [4.78, 5) is 2.44. The maximum Gasteiger partial charge on any atom is 0.159 e. The Labute approximate surface area is 333 Å². The molecule has 272 valence electrons. The zero-order valence-corrected chi connectivity index (χ0v) is 32.3. The SMILES string of the molecule is CC(C)(C)c1cccc2c1oc1c(N(c3ccccc3)c3cc4c(c5ccccc35)-c3c(ccc5ccccc35)C4(c3ccccc3)c3ccccc3)cccc12. The van der Waals surface area contributed by atoms with Crippen molar-refractivity contribution in [3.8, 4) is 11.1 Å². The molecule has 10 aromatic rings. The van der Waals surface area contributed by atoms with Crippen molar-refractivity contribution in [2.45, 2.75) is 31.6 Å². The van der Waals surface area contributed by atoms with Crippen molar-refractivity contribution in [2.75, 3.05) is 4.90 Å². The van der Waals surface area contributed by atoms with Crippen LogP contribution in [0.25, 0.3) is 54.6 Å². The molecule has 1 aliphatic rings. The molecule has 0 unspecified atom stereocenters. The monoisotopic (exact) mass is 731 g/mol. The van der Waals surface area contributed by atoms with E-state index in [9.17, 15) is 0 Å². The van der Waals surface area contributed by atoms with Gasteiger partial charge in [0.25, 0.3) is 0 Å². The molecular weight excluding hydrogens is 691 g/mol. The molecule has 0 bridgehead atoms. The minimum Gasteiger partial charge on any atom is -0.454 e. The van der Waals surface area contributed by atoms with Crippen LogP contribution in [0.3, 0.4) is 0 Å². The first-order chi connectivity index (χ1) is 27.9. The highest BCUT2D eigenvalue weighted by Gasteiger charge is 2.48. The van der Waals surface area contributed by atoms with E-state index in [1.807, 2.05) is 0 Å². The number of para-hydroxylation sites is 3. The van der Waals surface area contributed by atoms with Crippen molar-refractivity contribution in [1.82, 2.24) is 0 Å². The molecule has 0 N–H and O–H groups in total. The van der Waals surface area contributed by atoms with E-state index >= 15 is 0 Å². The lowest BCUT2D eigenvalue weighted by atomic mass is 9.67. The fourth-order valence-electron chi connectivity index (χ4n) is 9.83. The molecule has 0 saturated carbocycles. The second-order valence-electron chi connectivity index (χ2n) is 16.4. The van der Waals surface area contributed by atoms with Crippen LogP contribution in [-0.2, 0) is 10.8 Å². The number of nitrogens with zero attached hydrogens (tertiary/aromatic N) is 1. The lowest BCUT2D eigenvalue weighted by molar-refractivity contribution is 0.573. The molecule has 0 amide bonds. The van der Waals surface area contributed by atoms with Gasteiger partial charge >= 0.3 is 0 Å². The quantitative estimate of drug-likeness (QED) is 0.175. The highest BCUT2D eigenvalue weighted by atomic mass is 16.3. The van der Waals surface area contributed by atoms with E-state index in [2.05, 4.69) is 220 Å². The van der Waals surface area contributed by atoms with Crippen LogP contribution in [0.15, 0.2) is 199 Å². The highest BCUT2D eigenvalue weighted by molar-refractivity contribution is 6.17. The average molecular weight is 732 g/mol. The van der Waals surface area contributed by atoms with Crippen molar-refractivity contribution in [1.29, 1.82) is 0 Å². The number of furan rings is 1. The maximum atomic E-state index is 7.11. The van der Waals surface area contributed by atoms with Gasteiger partial charge in [-0.1, -0.05) is 191 Å². The number of hydrogen-bond acceptors (Lipinski definition) is 2. The predicted octanol–water partition coefficient (Wildman–Crippen LogP) is 15.0. The van der Waals surface area contributed by atoms with E-state index in [1.165, 1.54) is 60.5 Å². The molecule has 0 aliphatic heterocycles. The molecule has 0 saturated heterocycles. The van der Waals surface area contributed by atoms with Crippen LogP contribution in [0, 0.1) is 0 Å². The van der Waals surface area contributed by atoms with Gasteiger partial charge in [-0.05, 0) is 79.2 Å². The largest absolute Gasteiger partial charge is 0.454 e. The summed E-state index contributed by atoms with van der Waals surface area (Å²) in [5, 5.41) is 7.17. The third-order valence-electron chi connectivity index (χ3n) is 12.2. The Balaban J connectivity index is 1.31. The molecule has 0 fully saturated rings. The zero-order valence-electron chi connectivity index (χ0n) is 32.3. The summed E-state index contributed by atoms with van der Waals surface area (Å²) < 4.78 is 7.11. The Morgan fingerprint density at radius 1 is 0.421 bits per heavy atom. The third-order valence-corrected chi connectivity index (χ3v) is 12.2. The Morgan fingerprint density at radius 3 is 1.65 bits per heavy atom. The third kappa shape index (κ3) is 4.83. The van der Waals surface area contributed by atoms with Gasteiger partial charge in [0, 0.05) is 27.4 Å². The van der Waals surface area contributed by atoms with Crippen molar-refractivity contribution in [3.63, 3.8) is 0 Å². The minimum atomic E-state index is -0.592. The molecule has 0 radical (unpaired) electrons. The van der Waals surface area contributed by atoms with E-state index in [1.54, 1.807) is 0 Å². The maximum absolute atomic E-state index is 7.11. The first-order valence-electron chi connectivity index (χ1n) is 19.9. The first kappa shape index (κ1) is 33.4. The summed E-state index contributed by atoms with van der Waals surface area (Å²) in [7, 11) is 0. The van der Waals surface area contributed by atoms with Gasteiger partial charge < -0.3 is 9.32 Å². The van der Waals surface area contributed by atoms with Crippen LogP contribution in [0.1, 0.15) is 48.6 Å². The van der Waals surface area contributed by atoms with Crippen LogP contribution in [0.4, 0.5) is 17.1 Å². The van der Waals surface area contributed by atoms with Crippen molar-refractivity contribution in [3.05, 3.63) is 222 Å². The van der Waals surface area contributed by atoms with Crippen LogP contribution >= 0.6 is 0 Å². The van der Waals surface area contributed by atoms with Gasteiger partial charge in [-0.15, -0.1) is 0 Å². The molecule has 0 atom stereocenters. The number of anilines is 3. The van der Waals surface area contributed by atoms with Crippen LogP contribution in [-0.4, -0.2) is 0 Å². The van der Waals surface area contributed by atoms with Gasteiger partial charge in [0.05, 0.1) is 16.8 Å². The molecule has 2 heteroatoms. The van der Waals surface area contributed by atoms with Crippen molar-refractivity contribution in [2.24, 2.45) is 0 Å². The van der Waals surface area contributed by atoms with Gasteiger partial charge in [0.1, 0.15) is 5.58 Å². The van der Waals surface area contributed by atoms with Gasteiger partial charge in [0.15, 0.2) is 5.58 Å². The van der Waals surface area contributed by atoms with Gasteiger partial charge in [-0.3, -0.25) is 0 Å². The van der Waals surface area contributed by atoms with Crippen molar-refractivity contribution < 1.29 is 4.42 Å². The Kier molecular flexibility index (Phi) is 7.37. The summed E-state index contributed by atoms with van der Waals surface area (Å²) in [6.45, 7) is 6.78. The normalized spacial score (nSPS) is 13.3. The highest BCUT2D eigenvalue weighted by Crippen LogP contribution is 2.61. The topological polar surface area (TPSA) is 16.4 Å².